The van der Waals surface area contributed by atoms with Crippen molar-refractivity contribution in [1.29, 1.82) is 0 Å². The second-order valence-electron chi connectivity index (χ2n) is 5.11. The van der Waals surface area contributed by atoms with Gasteiger partial charge in [-0.3, -0.25) is 4.90 Å². The molecule has 5 nitrogen and oxygen atoms in total. The van der Waals surface area contributed by atoms with Crippen LogP contribution in [0.15, 0.2) is 16.7 Å². The lowest BCUT2D eigenvalue weighted by Gasteiger charge is -2.35. The van der Waals surface area contributed by atoms with Crippen LogP contribution in [0.5, 0.6) is 0 Å². The smallest absolute Gasteiger partial charge is 0.341 e. The molecule has 1 fully saturated rings. The van der Waals surface area contributed by atoms with Gasteiger partial charge in [0.2, 0.25) is 0 Å². The Balaban J connectivity index is 2.04. The number of hydrogen-bond acceptors (Lipinski definition) is 5. The van der Waals surface area contributed by atoms with Crippen molar-refractivity contribution in [1.82, 2.24) is 4.90 Å². The molecule has 2 rings (SSSR count). The molecule has 0 aromatic carbocycles. The number of likely N-dealkylation sites (tertiary alicyclic amines) is 1. The number of hydrogen-bond donors (Lipinski definition) is 1. The van der Waals surface area contributed by atoms with E-state index < -0.39 is 0 Å². The van der Waals surface area contributed by atoms with Gasteiger partial charge in [-0.15, -0.1) is 0 Å². The predicted octanol–water partition coefficient (Wildman–Crippen LogP) is 2.19. The van der Waals surface area contributed by atoms with Gasteiger partial charge in [0.25, 0.3) is 0 Å². The molecule has 1 saturated heterocycles. The minimum Gasteiger partial charge on any atom is -0.467 e. The predicted molar refractivity (Wildman–Crippen MR) is 74.4 cm³/mol. The van der Waals surface area contributed by atoms with Crippen LogP contribution in [0, 0.1) is 0 Å². The van der Waals surface area contributed by atoms with Crippen LogP contribution in [0.25, 0.3) is 0 Å². The Morgan fingerprint density at radius 3 is 3.15 bits per heavy atom. The molecule has 0 saturated carbocycles. The second-order valence-corrected chi connectivity index (χ2v) is 5.11. The standard InChI is InChI=1S/C15H23NO4/c1-2-19-15(18)13-7-10-20-14(13)11-16-8-4-3-5-12(16)6-9-17/h7,10,12,17H,2-6,8-9,11H2,1H3. The van der Waals surface area contributed by atoms with Crippen molar-refractivity contribution in [2.45, 2.75) is 45.2 Å². The van der Waals surface area contributed by atoms with Crippen molar-refractivity contribution >= 4 is 5.97 Å². The maximum atomic E-state index is 11.8. The molecule has 5 heteroatoms. The number of furan rings is 1. The summed E-state index contributed by atoms with van der Waals surface area (Å²) in [6.07, 6.45) is 5.75. The van der Waals surface area contributed by atoms with Crippen LogP contribution in [0.3, 0.4) is 0 Å². The first kappa shape index (κ1) is 15.1. The number of nitrogens with zero attached hydrogens (tertiary/aromatic N) is 1. The van der Waals surface area contributed by atoms with Crippen LogP contribution in [-0.4, -0.2) is 41.8 Å². The topological polar surface area (TPSA) is 62.9 Å². The number of aliphatic hydroxyl groups is 1. The highest BCUT2D eigenvalue weighted by Gasteiger charge is 2.25. The van der Waals surface area contributed by atoms with E-state index in [-0.39, 0.29) is 12.6 Å². The number of aliphatic hydroxyl groups excluding tert-OH is 1. The Morgan fingerprint density at radius 2 is 2.40 bits per heavy atom. The molecular formula is C15H23NO4. The number of piperidine rings is 1. The van der Waals surface area contributed by atoms with Gasteiger partial charge in [-0.05, 0) is 38.8 Å². The van der Waals surface area contributed by atoms with Crippen molar-refractivity contribution < 1.29 is 19.1 Å². The highest BCUT2D eigenvalue weighted by atomic mass is 16.5. The highest BCUT2D eigenvalue weighted by Crippen LogP contribution is 2.23. The normalized spacial score (nSPS) is 20.0. The average Bonchev–Trinajstić information content (AvgIpc) is 2.90. The van der Waals surface area contributed by atoms with Gasteiger partial charge in [0, 0.05) is 12.6 Å². The SMILES string of the molecule is CCOC(=O)c1ccoc1CN1CCCCC1CCO. The number of carbonyl (C=O) groups excluding carboxylic acids is 1. The molecule has 1 unspecified atom stereocenters. The molecule has 0 radical (unpaired) electrons. The Bertz CT molecular complexity index is 427. The molecule has 1 aromatic heterocycles. The van der Waals surface area contributed by atoms with E-state index in [0.717, 1.165) is 25.8 Å². The summed E-state index contributed by atoms with van der Waals surface area (Å²) in [5.74, 6) is 0.334. The van der Waals surface area contributed by atoms with Gasteiger partial charge in [0.1, 0.15) is 11.3 Å². The summed E-state index contributed by atoms with van der Waals surface area (Å²) in [6.45, 7) is 3.93. The van der Waals surface area contributed by atoms with Crippen LogP contribution < -0.4 is 0 Å². The van der Waals surface area contributed by atoms with E-state index in [4.69, 9.17) is 14.3 Å². The fraction of sp³-hybridized carbons (Fsp3) is 0.667. The van der Waals surface area contributed by atoms with E-state index in [1.165, 1.54) is 12.7 Å². The van der Waals surface area contributed by atoms with Gasteiger partial charge in [0.15, 0.2) is 0 Å². The number of ether oxygens (including phenoxy) is 1. The van der Waals surface area contributed by atoms with E-state index in [1.807, 2.05) is 0 Å². The summed E-state index contributed by atoms with van der Waals surface area (Å²) >= 11 is 0. The van der Waals surface area contributed by atoms with Gasteiger partial charge in [-0.1, -0.05) is 6.42 Å². The quantitative estimate of drug-likeness (QED) is 0.810. The maximum absolute atomic E-state index is 11.8. The van der Waals surface area contributed by atoms with E-state index >= 15 is 0 Å². The summed E-state index contributed by atoms with van der Waals surface area (Å²) < 4.78 is 10.5. The van der Waals surface area contributed by atoms with Gasteiger partial charge < -0.3 is 14.3 Å². The van der Waals surface area contributed by atoms with Gasteiger partial charge in [0.05, 0.1) is 19.4 Å². The molecule has 1 N–H and O–H groups in total. The van der Waals surface area contributed by atoms with Crippen molar-refractivity contribution in [2.24, 2.45) is 0 Å². The van der Waals surface area contributed by atoms with Crippen LogP contribution >= 0.6 is 0 Å². The number of carbonyl (C=O) groups is 1. The first-order valence-electron chi connectivity index (χ1n) is 7.34. The molecule has 1 aliphatic rings. The van der Waals surface area contributed by atoms with Gasteiger partial charge in [-0.2, -0.15) is 0 Å². The molecular weight excluding hydrogens is 258 g/mol. The molecule has 0 bridgehead atoms. The minimum absolute atomic E-state index is 0.198. The number of rotatable bonds is 6. The average molecular weight is 281 g/mol. The maximum Gasteiger partial charge on any atom is 0.341 e. The zero-order valence-electron chi connectivity index (χ0n) is 12.0. The van der Waals surface area contributed by atoms with Crippen molar-refractivity contribution in [3.63, 3.8) is 0 Å². The largest absolute Gasteiger partial charge is 0.467 e. The van der Waals surface area contributed by atoms with E-state index in [9.17, 15) is 4.79 Å². The third kappa shape index (κ3) is 3.61. The molecule has 1 aliphatic heterocycles. The second kappa shape index (κ2) is 7.45. The summed E-state index contributed by atoms with van der Waals surface area (Å²) in [4.78, 5) is 14.1. The van der Waals surface area contributed by atoms with E-state index in [1.54, 1.807) is 13.0 Å². The molecule has 0 amide bonds. The van der Waals surface area contributed by atoms with Crippen LogP contribution in [0.4, 0.5) is 0 Å². The molecule has 0 spiro atoms. The first-order chi connectivity index (χ1) is 9.76. The highest BCUT2D eigenvalue weighted by molar-refractivity contribution is 5.90. The van der Waals surface area contributed by atoms with Crippen molar-refractivity contribution in [3.05, 3.63) is 23.7 Å². The van der Waals surface area contributed by atoms with Crippen LogP contribution in [0.2, 0.25) is 0 Å². The fourth-order valence-electron chi connectivity index (χ4n) is 2.78. The summed E-state index contributed by atoms with van der Waals surface area (Å²) in [5, 5.41) is 9.15. The third-order valence-electron chi connectivity index (χ3n) is 3.80. The van der Waals surface area contributed by atoms with Crippen molar-refractivity contribution in [2.75, 3.05) is 19.8 Å². The van der Waals surface area contributed by atoms with E-state index in [2.05, 4.69) is 4.90 Å². The Morgan fingerprint density at radius 1 is 1.55 bits per heavy atom. The monoisotopic (exact) mass is 281 g/mol. The zero-order chi connectivity index (χ0) is 14.4. The van der Waals surface area contributed by atoms with Gasteiger partial charge >= 0.3 is 5.97 Å². The molecule has 0 aliphatic carbocycles. The van der Waals surface area contributed by atoms with Crippen LogP contribution in [0.1, 0.15) is 48.7 Å². The Labute approximate surface area is 119 Å². The molecule has 112 valence electrons. The van der Waals surface area contributed by atoms with E-state index in [0.29, 0.717) is 30.5 Å². The molecule has 20 heavy (non-hydrogen) atoms. The molecule has 1 aromatic rings. The summed E-state index contributed by atoms with van der Waals surface area (Å²) in [6, 6.07) is 2.03. The lowest BCUT2D eigenvalue weighted by Crippen LogP contribution is -2.39. The first-order valence-corrected chi connectivity index (χ1v) is 7.34. The summed E-state index contributed by atoms with van der Waals surface area (Å²) in [7, 11) is 0. The lowest BCUT2D eigenvalue weighted by molar-refractivity contribution is 0.0517. The lowest BCUT2D eigenvalue weighted by atomic mass is 9.99. The third-order valence-corrected chi connectivity index (χ3v) is 3.80. The minimum atomic E-state index is -0.327. The van der Waals surface area contributed by atoms with Crippen LogP contribution in [-0.2, 0) is 11.3 Å². The number of esters is 1. The summed E-state index contributed by atoms with van der Waals surface area (Å²) in [5.41, 5.74) is 0.514. The Kier molecular flexibility index (Phi) is 5.61. The fourth-order valence-corrected chi connectivity index (χ4v) is 2.78. The Hall–Kier alpha value is -1.33. The zero-order valence-corrected chi connectivity index (χ0v) is 12.0. The molecule has 1 atom stereocenters. The molecule has 2 heterocycles. The van der Waals surface area contributed by atoms with Crippen molar-refractivity contribution in [3.8, 4) is 0 Å². The van der Waals surface area contributed by atoms with Gasteiger partial charge in [-0.25, -0.2) is 4.79 Å².